The highest BCUT2D eigenvalue weighted by molar-refractivity contribution is 7.86. The van der Waals surface area contributed by atoms with Crippen LogP contribution in [0.15, 0.2) is 94.4 Å². The molecule has 76 heavy (non-hydrogen) atoms. The maximum Gasteiger partial charge on any atom is 0.303 e. The molecule has 22 nitrogen and oxygen atoms in total. The van der Waals surface area contributed by atoms with Crippen molar-refractivity contribution in [3.05, 3.63) is 95.8 Å². The first-order valence-electron chi connectivity index (χ1n) is 24.7. The van der Waals surface area contributed by atoms with E-state index in [-0.39, 0.29) is 56.9 Å². The Morgan fingerprint density at radius 3 is 1.74 bits per heavy atom. The van der Waals surface area contributed by atoms with Crippen molar-refractivity contribution < 1.29 is 94.8 Å². The van der Waals surface area contributed by atoms with Crippen molar-refractivity contribution in [3.63, 3.8) is 0 Å². The Kier molecular flexibility index (Phi) is 25.5. The van der Waals surface area contributed by atoms with Gasteiger partial charge in [0.15, 0.2) is 5.71 Å². The first-order chi connectivity index (χ1) is 35.8. The van der Waals surface area contributed by atoms with Crippen molar-refractivity contribution in [3.8, 4) is 0 Å². The van der Waals surface area contributed by atoms with E-state index in [1.165, 1.54) is 24.3 Å². The Morgan fingerprint density at radius 2 is 1.17 bits per heavy atom. The fourth-order valence-electron chi connectivity index (χ4n) is 9.01. The molecule has 0 aliphatic carbocycles. The lowest BCUT2D eigenvalue weighted by Gasteiger charge is -2.30. The van der Waals surface area contributed by atoms with Gasteiger partial charge in [-0.25, -0.2) is 8.42 Å². The van der Waals surface area contributed by atoms with Gasteiger partial charge in [-0.15, -0.1) is 0 Å². The highest BCUT2D eigenvalue weighted by Gasteiger charge is 2.48. The summed E-state index contributed by atoms with van der Waals surface area (Å²) in [4.78, 5) is 12.1. The molecule has 0 saturated heterocycles. The predicted octanol–water partition coefficient (Wildman–Crippen LogP) is 5.23. The van der Waals surface area contributed by atoms with E-state index in [1.54, 1.807) is 61.5 Å². The average molecular weight is 1150 g/mol. The number of fused-ring (bicyclic) bond motifs is 2. The van der Waals surface area contributed by atoms with E-state index in [4.69, 9.17) is 28.4 Å². The number of hydrogen-bond donors (Lipinski definition) is 4. The number of aliphatic carboxylic acids is 1. The van der Waals surface area contributed by atoms with Crippen LogP contribution in [0.4, 0.5) is 11.4 Å². The monoisotopic (exact) mass is 1150 g/mol. The zero-order valence-electron chi connectivity index (χ0n) is 43.1. The number of hydrogen-bond acceptors (Lipinski definition) is 17. The normalized spacial score (nSPS) is 18.8. The van der Waals surface area contributed by atoms with E-state index in [1.807, 2.05) is 17.6 Å². The van der Waals surface area contributed by atoms with Crippen molar-refractivity contribution in [2.45, 2.75) is 85.8 Å². The van der Waals surface area contributed by atoms with E-state index in [0.29, 0.717) is 113 Å². The number of carboxylic acids is 1. The van der Waals surface area contributed by atoms with Crippen LogP contribution in [-0.4, -0.2) is 178 Å². The van der Waals surface area contributed by atoms with Crippen molar-refractivity contribution in [1.29, 1.82) is 0 Å². The summed E-state index contributed by atoms with van der Waals surface area (Å²) >= 11 is 0. The molecule has 4 N–H and O–H groups in total. The number of carboxylic acid groups (broad SMARTS) is 1. The molecule has 0 spiro atoms. The number of benzene rings is 2. The van der Waals surface area contributed by atoms with Crippen LogP contribution in [0.3, 0.4) is 0 Å². The second-order valence-electron chi connectivity index (χ2n) is 18.4. The molecule has 4 rings (SSSR count). The van der Waals surface area contributed by atoms with Gasteiger partial charge in [-0.3, -0.25) is 18.5 Å². The quantitative estimate of drug-likeness (QED) is 0.0289. The van der Waals surface area contributed by atoms with Crippen LogP contribution in [0.1, 0.15) is 76.3 Å². The number of anilines is 1. The number of ether oxygens (including phenoxy) is 6. The van der Waals surface area contributed by atoms with Crippen molar-refractivity contribution in [2.24, 2.45) is 0 Å². The molecule has 2 aliphatic heterocycles. The summed E-state index contributed by atoms with van der Waals surface area (Å²) in [6, 6.07) is 8.14. The molecule has 426 valence electrons. The standard InChI is InChI=1S/C50H72N2O20S4/c1-49(21-12-36-73(55,56)57)42-38-40(75(61,62)63)17-19-44(42)52(24-13-37-74(58,59)60)46(49)14-8-5-4-6-9-15-47-50(2,22-25-68-28-29-70-32-33-72-35-34-71-31-30-69-27-26-67-3)43-39-41(76(64,65)66)18-20-45(43)51(47)23-11-7-10-16-48(53)54/h4-6,8-9,14-15,17-20,38-39H,7,10-13,16,21-37H2,1-3H3,(H4-,53,54,55,56,57,58,59,60,61,62,63,64,65,66). The molecule has 0 aromatic heterocycles. The van der Waals surface area contributed by atoms with Gasteiger partial charge in [0.05, 0.1) is 92.8 Å². The van der Waals surface area contributed by atoms with Gasteiger partial charge in [0.2, 0.25) is 5.69 Å². The molecule has 2 unspecified atom stereocenters. The molecule has 26 heteroatoms. The molecule has 2 aromatic rings. The number of allylic oxidation sites excluding steroid dienone is 8. The summed E-state index contributed by atoms with van der Waals surface area (Å²) in [6.07, 6.45) is 14.0. The summed E-state index contributed by atoms with van der Waals surface area (Å²) in [5, 5.41) is 9.22. The smallest absolute Gasteiger partial charge is 0.303 e. The molecule has 2 aromatic carbocycles. The summed E-state index contributed by atoms with van der Waals surface area (Å²) < 4.78 is 172. The second-order valence-corrected chi connectivity index (χ2v) is 24.3. The van der Waals surface area contributed by atoms with Crippen molar-refractivity contribution in [1.82, 2.24) is 0 Å². The third-order valence-corrected chi connectivity index (χ3v) is 16.0. The Balaban J connectivity index is 1.58. The third-order valence-electron chi connectivity index (χ3n) is 12.8. The van der Waals surface area contributed by atoms with E-state index in [2.05, 4.69) is 0 Å². The highest BCUT2D eigenvalue weighted by Crippen LogP contribution is 2.51. The molecular formula is C50H72N2O20S4. The Hall–Kier alpha value is -4.26. The maximum absolute atomic E-state index is 12.4. The van der Waals surface area contributed by atoms with Gasteiger partial charge >= 0.3 is 5.97 Å². The fraction of sp³-hybridized carbons (Fsp3) is 0.560. The van der Waals surface area contributed by atoms with E-state index < -0.39 is 73.7 Å². The van der Waals surface area contributed by atoms with Crippen LogP contribution in [0.5, 0.6) is 0 Å². The highest BCUT2D eigenvalue weighted by atomic mass is 32.2. The lowest BCUT2D eigenvalue weighted by atomic mass is 9.76. The average Bonchev–Trinajstić information content (AvgIpc) is 3.70. The topological polar surface area (TPSA) is 319 Å². The van der Waals surface area contributed by atoms with Crippen LogP contribution in [0, 0.1) is 0 Å². The summed E-state index contributed by atoms with van der Waals surface area (Å²) in [7, 11) is -16.7. The lowest BCUT2D eigenvalue weighted by Crippen LogP contribution is -2.33. The summed E-state index contributed by atoms with van der Waals surface area (Å²) in [6.45, 7) is 8.31. The molecule has 0 bridgehead atoms. The van der Waals surface area contributed by atoms with Gasteiger partial charge in [-0.05, 0) is 94.3 Å². The van der Waals surface area contributed by atoms with Crippen molar-refractivity contribution >= 4 is 63.5 Å². The lowest BCUT2D eigenvalue weighted by molar-refractivity contribution is -0.438. The van der Waals surface area contributed by atoms with Crippen LogP contribution in [0.2, 0.25) is 0 Å². The zero-order valence-corrected chi connectivity index (χ0v) is 46.4. The third kappa shape index (κ3) is 20.5. The molecule has 2 heterocycles. The zero-order chi connectivity index (χ0) is 56.0. The number of methoxy groups -OCH3 is 1. The van der Waals surface area contributed by atoms with Gasteiger partial charge in [0.1, 0.15) is 16.7 Å². The Morgan fingerprint density at radius 1 is 0.632 bits per heavy atom. The SMILES string of the molecule is COCCOCCOCCOCCOCCOCCC1(C)C(/C=C/C=C/C=C/C=C2/N(CCCS(=O)(=O)O)c3ccc(S(=O)(=O)[O-])cc3C2(C)CCCS(=O)(=O)O)=[N+](CCCCCC(=O)O)c2ccc(S(=O)(=O)O)cc21. The van der Waals surface area contributed by atoms with Gasteiger partial charge in [-0.1, -0.05) is 30.4 Å². The predicted molar refractivity (Wildman–Crippen MR) is 281 cm³/mol. The van der Waals surface area contributed by atoms with Crippen LogP contribution in [-0.2, 0) is 84.5 Å². The molecule has 0 amide bonds. The Bertz CT molecular complexity index is 2870. The minimum Gasteiger partial charge on any atom is -0.744 e. The minimum atomic E-state index is -4.93. The van der Waals surface area contributed by atoms with E-state index in [9.17, 15) is 61.8 Å². The first-order valence-corrected chi connectivity index (χ1v) is 30.8. The largest absolute Gasteiger partial charge is 0.744 e. The Labute approximate surface area is 447 Å². The molecule has 0 radical (unpaired) electrons. The van der Waals surface area contributed by atoms with Crippen LogP contribution < -0.4 is 4.90 Å². The molecule has 2 atom stereocenters. The number of unbranched alkanes of at least 4 members (excludes halogenated alkanes) is 2. The molecular weight excluding hydrogens is 1080 g/mol. The number of rotatable bonds is 38. The minimum absolute atomic E-state index is 0.00597. The van der Waals surface area contributed by atoms with Gasteiger partial charge in [-0.2, -0.15) is 29.8 Å². The molecule has 2 aliphatic rings. The van der Waals surface area contributed by atoms with Gasteiger partial charge in [0.25, 0.3) is 30.4 Å². The van der Waals surface area contributed by atoms with Gasteiger partial charge in [0, 0.05) is 67.6 Å². The van der Waals surface area contributed by atoms with Gasteiger partial charge < -0.3 is 43.0 Å². The van der Waals surface area contributed by atoms with E-state index >= 15 is 0 Å². The second kappa shape index (κ2) is 30.2. The number of carbonyl (C=O) groups is 1. The summed E-state index contributed by atoms with van der Waals surface area (Å²) in [5.74, 6) is -2.12. The fourth-order valence-corrected chi connectivity index (χ4v) is 11.0. The van der Waals surface area contributed by atoms with Crippen LogP contribution in [0.25, 0.3) is 0 Å². The van der Waals surface area contributed by atoms with Crippen molar-refractivity contribution in [2.75, 3.05) is 109 Å². The maximum atomic E-state index is 12.4. The number of nitrogens with zero attached hydrogens (tertiary/aromatic N) is 2. The first kappa shape index (κ1) is 64.3. The molecule has 0 saturated carbocycles. The summed E-state index contributed by atoms with van der Waals surface area (Å²) in [5.41, 5.74) is 1.35. The van der Waals surface area contributed by atoms with Crippen LogP contribution >= 0.6 is 0 Å². The van der Waals surface area contributed by atoms with E-state index in [0.717, 1.165) is 11.8 Å². The molecule has 0 fully saturated rings.